The van der Waals surface area contributed by atoms with Crippen LogP contribution in [-0.2, 0) is 11.2 Å². The third-order valence-electron chi connectivity index (χ3n) is 3.42. The molecule has 20 heavy (non-hydrogen) atoms. The Morgan fingerprint density at radius 3 is 2.55 bits per heavy atom. The molecule has 102 valence electrons. The van der Waals surface area contributed by atoms with Gasteiger partial charge in [0.25, 0.3) is 0 Å². The highest BCUT2D eigenvalue weighted by Gasteiger charge is 2.22. The number of nitrogens with one attached hydrogen (secondary N) is 1. The summed E-state index contributed by atoms with van der Waals surface area (Å²) in [5.74, 6) is -1.44. The molecule has 5 heteroatoms. The largest absolute Gasteiger partial charge is 0.326 e. The summed E-state index contributed by atoms with van der Waals surface area (Å²) >= 11 is 0. The van der Waals surface area contributed by atoms with E-state index in [9.17, 15) is 13.6 Å². The number of benzene rings is 2. The molecule has 2 aromatic rings. The van der Waals surface area contributed by atoms with Gasteiger partial charge in [-0.3, -0.25) is 4.79 Å². The number of fused-ring (bicyclic) bond motifs is 1. The van der Waals surface area contributed by atoms with Crippen molar-refractivity contribution >= 4 is 11.6 Å². The van der Waals surface area contributed by atoms with E-state index in [1.165, 1.54) is 18.2 Å². The van der Waals surface area contributed by atoms with E-state index in [2.05, 4.69) is 5.32 Å². The van der Waals surface area contributed by atoms with Crippen molar-refractivity contribution in [1.82, 2.24) is 0 Å². The quantitative estimate of drug-likeness (QED) is 0.884. The van der Waals surface area contributed by atoms with E-state index in [0.29, 0.717) is 5.56 Å². The number of carbonyl (C=O) groups excluding carboxylic acids is 1. The average Bonchev–Trinajstić information content (AvgIpc) is 2.77. The minimum atomic E-state index is -0.905. The molecule has 0 bridgehead atoms. The maximum Gasteiger partial charge on any atom is 0.228 e. The second kappa shape index (κ2) is 4.68. The molecule has 0 radical (unpaired) electrons. The molecule has 3 rings (SSSR count). The second-order valence-corrected chi connectivity index (χ2v) is 4.75. The normalized spacial score (nSPS) is 14.8. The molecule has 3 N–H and O–H groups in total. The molecule has 3 nitrogen and oxygen atoms in total. The monoisotopic (exact) mass is 274 g/mol. The molecule has 1 amide bonds. The zero-order valence-corrected chi connectivity index (χ0v) is 10.5. The van der Waals surface area contributed by atoms with E-state index in [0.717, 1.165) is 11.3 Å². The van der Waals surface area contributed by atoms with Gasteiger partial charge >= 0.3 is 0 Å². The van der Waals surface area contributed by atoms with Gasteiger partial charge in [-0.25, -0.2) is 8.78 Å². The van der Waals surface area contributed by atoms with Crippen LogP contribution in [0.4, 0.5) is 14.5 Å². The third-order valence-corrected chi connectivity index (χ3v) is 3.42. The fourth-order valence-corrected chi connectivity index (χ4v) is 2.42. The molecule has 0 aromatic heterocycles. The Hall–Kier alpha value is -2.27. The molecule has 0 saturated heterocycles. The van der Waals surface area contributed by atoms with Crippen LogP contribution < -0.4 is 11.1 Å². The van der Waals surface area contributed by atoms with E-state index in [4.69, 9.17) is 5.73 Å². The van der Waals surface area contributed by atoms with Gasteiger partial charge in [-0.05, 0) is 29.3 Å². The van der Waals surface area contributed by atoms with Crippen molar-refractivity contribution < 1.29 is 13.6 Å². The summed E-state index contributed by atoms with van der Waals surface area (Å²) in [5, 5.41) is 2.70. The van der Waals surface area contributed by atoms with Gasteiger partial charge in [-0.15, -0.1) is 0 Å². The third kappa shape index (κ3) is 2.06. The smallest absolute Gasteiger partial charge is 0.228 e. The lowest BCUT2D eigenvalue weighted by atomic mass is 9.96. The first kappa shape index (κ1) is 12.7. The fraction of sp³-hybridized carbons (Fsp3) is 0.133. The molecule has 0 spiro atoms. The van der Waals surface area contributed by atoms with E-state index in [-0.39, 0.29) is 17.9 Å². The predicted molar refractivity (Wildman–Crippen MR) is 71.2 cm³/mol. The number of nitrogens with two attached hydrogens (primary N) is 1. The fourth-order valence-electron chi connectivity index (χ4n) is 2.42. The van der Waals surface area contributed by atoms with Crippen molar-refractivity contribution in [2.75, 3.05) is 5.32 Å². The van der Waals surface area contributed by atoms with Crippen molar-refractivity contribution in [2.24, 2.45) is 5.73 Å². The summed E-state index contributed by atoms with van der Waals surface area (Å²) in [4.78, 5) is 11.3. The van der Waals surface area contributed by atoms with Crippen LogP contribution in [0.1, 0.15) is 22.7 Å². The number of amides is 1. The summed E-state index contributed by atoms with van der Waals surface area (Å²) in [6, 6.07) is 7.83. The van der Waals surface area contributed by atoms with Gasteiger partial charge in [-0.2, -0.15) is 0 Å². The number of hydrogen-bond donors (Lipinski definition) is 2. The van der Waals surface area contributed by atoms with Crippen molar-refractivity contribution in [3.05, 3.63) is 64.7 Å². The van der Waals surface area contributed by atoms with Gasteiger partial charge in [-0.1, -0.05) is 18.2 Å². The van der Waals surface area contributed by atoms with Gasteiger partial charge in [0.15, 0.2) is 0 Å². The molecule has 1 aliphatic rings. The van der Waals surface area contributed by atoms with Gasteiger partial charge in [0, 0.05) is 11.3 Å². The standard InChI is InChI=1S/C15H12F2N2O/c16-10-2-1-3-11(17)14(10)15(18)8-4-5-12-9(6-8)7-13(20)19-12/h1-6,15H,7,18H2,(H,19,20). The molecule has 1 unspecified atom stereocenters. The second-order valence-electron chi connectivity index (χ2n) is 4.75. The van der Waals surface area contributed by atoms with E-state index < -0.39 is 17.7 Å². The van der Waals surface area contributed by atoms with E-state index >= 15 is 0 Å². The van der Waals surface area contributed by atoms with Crippen molar-refractivity contribution in [2.45, 2.75) is 12.5 Å². The number of carbonyl (C=O) groups is 1. The Labute approximate surface area is 114 Å². The highest BCUT2D eigenvalue weighted by Crippen LogP contribution is 2.30. The van der Waals surface area contributed by atoms with Crippen molar-refractivity contribution in [3.8, 4) is 0 Å². The van der Waals surface area contributed by atoms with Crippen LogP contribution in [0.2, 0.25) is 0 Å². The first-order chi connectivity index (χ1) is 9.56. The highest BCUT2D eigenvalue weighted by molar-refractivity contribution is 5.99. The Bertz CT molecular complexity index is 680. The zero-order valence-electron chi connectivity index (χ0n) is 10.5. The van der Waals surface area contributed by atoms with Crippen LogP contribution >= 0.6 is 0 Å². The molecule has 1 heterocycles. The minimum absolute atomic E-state index is 0.0946. The van der Waals surface area contributed by atoms with Gasteiger partial charge in [0.2, 0.25) is 5.91 Å². The molecule has 0 fully saturated rings. The van der Waals surface area contributed by atoms with Crippen molar-refractivity contribution in [1.29, 1.82) is 0 Å². The van der Waals surface area contributed by atoms with Crippen LogP contribution in [0.3, 0.4) is 0 Å². The molecule has 1 atom stereocenters. The van der Waals surface area contributed by atoms with Crippen LogP contribution in [0.5, 0.6) is 0 Å². The lowest BCUT2D eigenvalue weighted by Gasteiger charge is -2.15. The van der Waals surface area contributed by atoms with Crippen LogP contribution in [0, 0.1) is 11.6 Å². The van der Waals surface area contributed by atoms with E-state index in [1.54, 1.807) is 18.2 Å². The first-order valence-corrected chi connectivity index (χ1v) is 6.18. The van der Waals surface area contributed by atoms with Crippen LogP contribution in [0.15, 0.2) is 36.4 Å². The van der Waals surface area contributed by atoms with Crippen LogP contribution in [0.25, 0.3) is 0 Å². The molecular formula is C15H12F2N2O. The van der Waals surface area contributed by atoms with E-state index in [1.807, 2.05) is 0 Å². The summed E-state index contributed by atoms with van der Waals surface area (Å²) in [5.41, 5.74) is 7.89. The number of anilines is 1. The SMILES string of the molecule is NC(c1ccc2c(c1)CC(=O)N2)c1c(F)cccc1F. The maximum absolute atomic E-state index is 13.7. The Kier molecular flexibility index (Phi) is 2.99. The van der Waals surface area contributed by atoms with Gasteiger partial charge in [0.1, 0.15) is 11.6 Å². The summed E-state index contributed by atoms with van der Waals surface area (Å²) < 4.78 is 27.5. The molecule has 2 aromatic carbocycles. The summed E-state index contributed by atoms with van der Waals surface area (Å²) in [6.07, 6.45) is 0.260. The lowest BCUT2D eigenvalue weighted by molar-refractivity contribution is -0.115. The van der Waals surface area contributed by atoms with Gasteiger partial charge < -0.3 is 11.1 Å². The predicted octanol–water partition coefficient (Wildman–Crippen LogP) is 2.51. The lowest BCUT2D eigenvalue weighted by Crippen LogP contribution is -2.15. The summed E-state index contributed by atoms with van der Waals surface area (Å²) in [7, 11) is 0. The van der Waals surface area contributed by atoms with Crippen molar-refractivity contribution in [3.63, 3.8) is 0 Å². The number of rotatable bonds is 2. The average molecular weight is 274 g/mol. The number of halogens is 2. The number of hydrogen-bond acceptors (Lipinski definition) is 2. The zero-order chi connectivity index (χ0) is 14.3. The molecule has 0 saturated carbocycles. The first-order valence-electron chi connectivity index (χ1n) is 6.18. The molecular weight excluding hydrogens is 262 g/mol. The topological polar surface area (TPSA) is 55.1 Å². The highest BCUT2D eigenvalue weighted by atomic mass is 19.1. The Balaban J connectivity index is 2.02. The minimum Gasteiger partial charge on any atom is -0.326 e. The Morgan fingerprint density at radius 1 is 1.15 bits per heavy atom. The molecule has 0 aliphatic carbocycles. The van der Waals surface area contributed by atoms with Crippen LogP contribution in [-0.4, -0.2) is 5.91 Å². The maximum atomic E-state index is 13.7. The molecule has 1 aliphatic heterocycles. The summed E-state index contributed by atoms with van der Waals surface area (Å²) in [6.45, 7) is 0. The van der Waals surface area contributed by atoms with Gasteiger partial charge in [0.05, 0.1) is 12.5 Å². The Morgan fingerprint density at radius 2 is 1.85 bits per heavy atom.